The van der Waals surface area contributed by atoms with E-state index in [9.17, 15) is 9.59 Å². The number of rotatable bonds is 4. The predicted octanol–water partition coefficient (Wildman–Crippen LogP) is 3.41. The Labute approximate surface area is 170 Å². The van der Waals surface area contributed by atoms with Crippen LogP contribution in [0.1, 0.15) is 77.3 Å². The van der Waals surface area contributed by atoms with Crippen LogP contribution in [0.5, 0.6) is 0 Å². The zero-order chi connectivity index (χ0) is 20.2. The highest BCUT2D eigenvalue weighted by atomic mass is 16.2. The molecule has 0 atom stereocenters. The highest BCUT2D eigenvalue weighted by Gasteiger charge is 2.28. The van der Waals surface area contributed by atoms with Crippen molar-refractivity contribution in [2.75, 3.05) is 5.32 Å². The summed E-state index contributed by atoms with van der Waals surface area (Å²) in [5, 5.41) is 15.0. The third-order valence-corrected chi connectivity index (χ3v) is 5.73. The molecule has 1 aliphatic heterocycles. The Morgan fingerprint density at radius 2 is 1.93 bits per heavy atom. The van der Waals surface area contributed by atoms with Crippen LogP contribution in [-0.2, 0) is 13.0 Å². The molecular formula is C22H25N5O2. The van der Waals surface area contributed by atoms with Crippen LogP contribution in [0, 0.1) is 11.3 Å². The van der Waals surface area contributed by atoms with Crippen molar-refractivity contribution in [1.82, 2.24) is 14.9 Å². The average Bonchev–Trinajstić information content (AvgIpc) is 3.15. The fraction of sp³-hybridized carbons (Fsp3) is 0.455. The highest BCUT2D eigenvalue weighted by molar-refractivity contribution is 6.05. The molecule has 7 nitrogen and oxygen atoms in total. The van der Waals surface area contributed by atoms with E-state index in [1.807, 2.05) is 4.57 Å². The van der Waals surface area contributed by atoms with Crippen molar-refractivity contribution >= 4 is 17.5 Å². The molecule has 2 N–H and O–H groups in total. The molecule has 2 aliphatic rings. The lowest BCUT2D eigenvalue weighted by Crippen LogP contribution is -2.37. The summed E-state index contributed by atoms with van der Waals surface area (Å²) in [5.41, 5.74) is 2.14. The standard InChI is InChI=1S/C22H25N5O2/c23-14-15-7-6-10-17(13-15)25-21(28)19-18-11-4-5-12-27(18)20(26-19)22(29)24-16-8-2-1-3-9-16/h6-7,10,13,16H,1-5,8-9,11-12H2,(H,24,29)(H,25,28). The molecule has 1 aromatic heterocycles. The molecule has 4 rings (SSSR count). The van der Waals surface area contributed by atoms with Gasteiger partial charge in [0.15, 0.2) is 11.5 Å². The van der Waals surface area contributed by atoms with Crippen LogP contribution in [0.15, 0.2) is 24.3 Å². The first-order chi connectivity index (χ1) is 14.2. The van der Waals surface area contributed by atoms with Crippen LogP contribution in [0.4, 0.5) is 5.69 Å². The first-order valence-electron chi connectivity index (χ1n) is 10.4. The third-order valence-electron chi connectivity index (χ3n) is 5.73. The van der Waals surface area contributed by atoms with E-state index in [2.05, 4.69) is 21.7 Å². The zero-order valence-corrected chi connectivity index (χ0v) is 16.4. The summed E-state index contributed by atoms with van der Waals surface area (Å²) in [6.45, 7) is 0.701. The molecule has 1 aliphatic carbocycles. The molecular weight excluding hydrogens is 366 g/mol. The van der Waals surface area contributed by atoms with Gasteiger partial charge in [0.1, 0.15) is 0 Å². The number of imidazole rings is 1. The van der Waals surface area contributed by atoms with Gasteiger partial charge in [-0.15, -0.1) is 0 Å². The van der Waals surface area contributed by atoms with E-state index >= 15 is 0 Å². The Balaban J connectivity index is 1.57. The highest BCUT2D eigenvalue weighted by Crippen LogP contribution is 2.23. The molecule has 0 saturated heterocycles. The summed E-state index contributed by atoms with van der Waals surface area (Å²) in [5.74, 6) is -0.200. The molecule has 0 spiro atoms. The first-order valence-corrected chi connectivity index (χ1v) is 10.4. The number of fused-ring (bicyclic) bond motifs is 1. The summed E-state index contributed by atoms with van der Waals surface area (Å²) in [4.78, 5) is 30.3. The molecule has 1 saturated carbocycles. The van der Waals surface area contributed by atoms with E-state index < -0.39 is 0 Å². The Morgan fingerprint density at radius 3 is 2.72 bits per heavy atom. The van der Waals surface area contributed by atoms with Gasteiger partial charge in [0, 0.05) is 18.3 Å². The van der Waals surface area contributed by atoms with Crippen molar-refractivity contribution < 1.29 is 9.59 Å². The molecule has 0 bridgehead atoms. The largest absolute Gasteiger partial charge is 0.347 e. The summed E-state index contributed by atoms with van der Waals surface area (Å²) in [7, 11) is 0. The fourth-order valence-corrected chi connectivity index (χ4v) is 4.25. The Bertz CT molecular complexity index is 966. The van der Waals surface area contributed by atoms with Crippen molar-refractivity contribution in [1.29, 1.82) is 5.26 Å². The lowest BCUT2D eigenvalue weighted by atomic mass is 9.95. The van der Waals surface area contributed by atoms with E-state index in [-0.39, 0.29) is 17.9 Å². The van der Waals surface area contributed by atoms with E-state index in [0.29, 0.717) is 29.3 Å². The second kappa shape index (κ2) is 8.48. The number of hydrogen-bond donors (Lipinski definition) is 2. The number of nitrogens with zero attached hydrogens (tertiary/aromatic N) is 3. The number of nitrogens with one attached hydrogen (secondary N) is 2. The van der Waals surface area contributed by atoms with Gasteiger partial charge in [-0.1, -0.05) is 25.3 Å². The molecule has 7 heteroatoms. The number of hydrogen-bond acceptors (Lipinski definition) is 4. The SMILES string of the molecule is N#Cc1cccc(NC(=O)c2nc(C(=O)NC3CCCCC3)n3c2CCCC3)c1. The molecule has 2 heterocycles. The van der Waals surface area contributed by atoms with Crippen LogP contribution in [-0.4, -0.2) is 27.4 Å². The average molecular weight is 391 g/mol. The van der Waals surface area contributed by atoms with Crippen LogP contribution in [0.3, 0.4) is 0 Å². The van der Waals surface area contributed by atoms with Gasteiger partial charge in [-0.2, -0.15) is 5.26 Å². The number of carbonyl (C=O) groups is 2. The van der Waals surface area contributed by atoms with Gasteiger partial charge in [0.05, 0.1) is 17.3 Å². The van der Waals surface area contributed by atoms with Crippen LogP contribution in [0.2, 0.25) is 0 Å². The van der Waals surface area contributed by atoms with Crippen LogP contribution >= 0.6 is 0 Å². The third kappa shape index (κ3) is 4.16. The van der Waals surface area contributed by atoms with Gasteiger partial charge in [-0.05, 0) is 50.3 Å². The maximum Gasteiger partial charge on any atom is 0.287 e. The first kappa shape index (κ1) is 19.2. The molecule has 1 aromatic carbocycles. The predicted molar refractivity (Wildman–Crippen MR) is 109 cm³/mol. The number of carbonyl (C=O) groups excluding carboxylic acids is 2. The normalized spacial score (nSPS) is 16.5. The van der Waals surface area contributed by atoms with Gasteiger partial charge < -0.3 is 15.2 Å². The number of amides is 2. The molecule has 150 valence electrons. The van der Waals surface area contributed by atoms with E-state index in [0.717, 1.165) is 50.6 Å². The summed E-state index contributed by atoms with van der Waals surface area (Å²) in [6.07, 6.45) is 8.18. The number of benzene rings is 1. The van der Waals surface area contributed by atoms with Gasteiger partial charge in [0.25, 0.3) is 11.8 Å². The summed E-state index contributed by atoms with van der Waals surface area (Å²) in [6, 6.07) is 9.02. The summed E-state index contributed by atoms with van der Waals surface area (Å²) < 4.78 is 1.91. The van der Waals surface area contributed by atoms with Crippen molar-refractivity contribution in [2.45, 2.75) is 64.0 Å². The topological polar surface area (TPSA) is 99.8 Å². The Hall–Kier alpha value is -3.14. The molecule has 2 amide bonds. The fourth-order valence-electron chi connectivity index (χ4n) is 4.25. The van der Waals surface area contributed by atoms with Crippen molar-refractivity contribution in [2.24, 2.45) is 0 Å². The Morgan fingerprint density at radius 1 is 1.10 bits per heavy atom. The van der Waals surface area contributed by atoms with Crippen LogP contribution < -0.4 is 10.6 Å². The van der Waals surface area contributed by atoms with E-state index in [1.54, 1.807) is 24.3 Å². The van der Waals surface area contributed by atoms with Crippen molar-refractivity contribution in [3.8, 4) is 6.07 Å². The quantitative estimate of drug-likeness (QED) is 0.834. The monoisotopic (exact) mass is 391 g/mol. The summed E-state index contributed by atoms with van der Waals surface area (Å²) >= 11 is 0. The minimum absolute atomic E-state index is 0.189. The number of aromatic nitrogens is 2. The van der Waals surface area contributed by atoms with Gasteiger partial charge in [0.2, 0.25) is 0 Å². The van der Waals surface area contributed by atoms with Gasteiger partial charge in [-0.25, -0.2) is 4.98 Å². The van der Waals surface area contributed by atoms with E-state index in [4.69, 9.17) is 5.26 Å². The second-order valence-electron chi connectivity index (χ2n) is 7.79. The minimum Gasteiger partial charge on any atom is -0.347 e. The molecule has 1 fully saturated rings. The lowest BCUT2D eigenvalue weighted by molar-refractivity contribution is 0.0911. The second-order valence-corrected chi connectivity index (χ2v) is 7.79. The smallest absolute Gasteiger partial charge is 0.287 e. The van der Waals surface area contributed by atoms with Crippen LogP contribution in [0.25, 0.3) is 0 Å². The number of nitriles is 1. The molecule has 0 radical (unpaired) electrons. The zero-order valence-electron chi connectivity index (χ0n) is 16.4. The Kier molecular flexibility index (Phi) is 5.61. The maximum absolute atomic E-state index is 12.9. The molecule has 2 aromatic rings. The van der Waals surface area contributed by atoms with E-state index in [1.165, 1.54) is 6.42 Å². The van der Waals surface area contributed by atoms with Gasteiger partial charge in [-0.3, -0.25) is 9.59 Å². The van der Waals surface area contributed by atoms with Crippen molar-refractivity contribution in [3.05, 3.63) is 47.0 Å². The number of anilines is 1. The minimum atomic E-state index is -0.345. The van der Waals surface area contributed by atoms with Gasteiger partial charge >= 0.3 is 0 Å². The maximum atomic E-state index is 12.9. The molecule has 0 unspecified atom stereocenters. The molecule has 29 heavy (non-hydrogen) atoms. The lowest BCUT2D eigenvalue weighted by Gasteiger charge is -2.23. The van der Waals surface area contributed by atoms with Crippen molar-refractivity contribution in [3.63, 3.8) is 0 Å².